The Morgan fingerprint density at radius 3 is 2.71 bits per heavy atom. The molecule has 1 fully saturated rings. The molecule has 1 aliphatic rings. The minimum absolute atomic E-state index is 0.123. The van der Waals surface area contributed by atoms with Crippen molar-refractivity contribution in [1.82, 2.24) is 0 Å². The van der Waals surface area contributed by atoms with Crippen molar-refractivity contribution >= 4 is 5.97 Å². The van der Waals surface area contributed by atoms with Crippen molar-refractivity contribution < 1.29 is 18.7 Å². The number of carboxylic acids is 1. The van der Waals surface area contributed by atoms with Crippen molar-refractivity contribution in [1.29, 1.82) is 0 Å². The molecule has 1 rings (SSSR count). The Balaban J connectivity index is 2.53. The second kappa shape index (κ2) is 4.21. The molecule has 1 saturated carbocycles. The zero-order chi connectivity index (χ0) is 10.8. The molecule has 0 aromatic heterocycles. The quantitative estimate of drug-likeness (QED) is 0.739. The van der Waals surface area contributed by atoms with Gasteiger partial charge in [0.25, 0.3) is 5.92 Å². The average Bonchev–Trinajstić information content (AvgIpc) is 2.08. The number of hydrogen-bond acceptors (Lipinski definition) is 2. The molecule has 0 amide bonds. The van der Waals surface area contributed by atoms with E-state index in [0.717, 1.165) is 6.42 Å². The van der Waals surface area contributed by atoms with Crippen LogP contribution in [0.3, 0.4) is 0 Å². The Bertz CT molecular complexity index is 221. The maximum atomic E-state index is 13.2. The second-order valence-corrected chi connectivity index (χ2v) is 3.88. The lowest BCUT2D eigenvalue weighted by Gasteiger charge is -2.32. The number of nitrogens with two attached hydrogens (primary N) is 1. The highest BCUT2D eigenvalue weighted by Gasteiger charge is 2.42. The Kier molecular flexibility index (Phi) is 3.42. The summed E-state index contributed by atoms with van der Waals surface area (Å²) in [6.07, 6.45) is 1.39. The minimum Gasteiger partial charge on any atom is -0.480 e. The summed E-state index contributed by atoms with van der Waals surface area (Å²) in [5.74, 6) is -4.79. The van der Waals surface area contributed by atoms with E-state index in [2.05, 4.69) is 0 Å². The predicted octanol–water partition coefficient (Wildman–Crippen LogP) is 1.61. The van der Waals surface area contributed by atoms with Crippen molar-refractivity contribution in [2.75, 3.05) is 0 Å². The third-order valence-corrected chi connectivity index (χ3v) is 2.77. The Hall–Kier alpha value is -0.710. The molecule has 1 aliphatic carbocycles. The summed E-state index contributed by atoms with van der Waals surface area (Å²) in [6.45, 7) is 0. The Morgan fingerprint density at radius 1 is 1.57 bits per heavy atom. The first-order chi connectivity index (χ1) is 6.43. The molecule has 3 N–H and O–H groups in total. The molecule has 0 spiro atoms. The van der Waals surface area contributed by atoms with E-state index in [0.29, 0.717) is 12.8 Å². The molecule has 0 aromatic rings. The molecule has 0 bridgehead atoms. The summed E-state index contributed by atoms with van der Waals surface area (Å²) in [7, 11) is 0. The fourth-order valence-electron chi connectivity index (χ4n) is 1.86. The molecule has 2 atom stereocenters. The maximum absolute atomic E-state index is 13.2. The highest BCUT2D eigenvalue weighted by molar-refractivity contribution is 5.73. The highest BCUT2D eigenvalue weighted by Crippen LogP contribution is 2.40. The van der Waals surface area contributed by atoms with E-state index in [1.165, 1.54) is 0 Å². The zero-order valence-electron chi connectivity index (χ0n) is 7.88. The predicted molar refractivity (Wildman–Crippen MR) is 47.1 cm³/mol. The molecule has 0 saturated heterocycles. The third-order valence-electron chi connectivity index (χ3n) is 2.77. The molecular weight excluding hydrogens is 192 g/mol. The van der Waals surface area contributed by atoms with Gasteiger partial charge in [0.1, 0.15) is 6.04 Å². The van der Waals surface area contributed by atoms with Crippen molar-refractivity contribution in [2.45, 2.75) is 44.1 Å². The standard InChI is InChI=1S/C9H15F2NO2/c10-9(11)4-2-1-3-6(9)5-7(12)8(13)14/h6-7H,1-5,12H2,(H,13,14). The fraction of sp³-hybridized carbons (Fsp3) is 0.889. The molecule has 5 heteroatoms. The number of hydrogen-bond donors (Lipinski definition) is 2. The lowest BCUT2D eigenvalue weighted by Crippen LogP contribution is -2.39. The fourth-order valence-corrected chi connectivity index (χ4v) is 1.86. The van der Waals surface area contributed by atoms with Gasteiger partial charge in [0.15, 0.2) is 0 Å². The van der Waals surface area contributed by atoms with Gasteiger partial charge in [0.05, 0.1) is 0 Å². The zero-order valence-corrected chi connectivity index (χ0v) is 7.88. The second-order valence-electron chi connectivity index (χ2n) is 3.88. The SMILES string of the molecule is NC(CC1CCCCC1(F)F)C(=O)O. The molecule has 3 nitrogen and oxygen atoms in total. The van der Waals surface area contributed by atoms with Crippen LogP contribution in [0.2, 0.25) is 0 Å². The normalized spacial score (nSPS) is 28.4. The van der Waals surface area contributed by atoms with Crippen LogP contribution in [0.25, 0.3) is 0 Å². The van der Waals surface area contributed by atoms with Gasteiger partial charge in [-0.2, -0.15) is 0 Å². The monoisotopic (exact) mass is 207 g/mol. The van der Waals surface area contributed by atoms with Gasteiger partial charge in [-0.1, -0.05) is 6.42 Å². The highest BCUT2D eigenvalue weighted by atomic mass is 19.3. The topological polar surface area (TPSA) is 63.3 Å². The molecule has 2 unspecified atom stereocenters. The summed E-state index contributed by atoms with van der Waals surface area (Å²) in [5, 5.41) is 8.51. The van der Waals surface area contributed by atoms with Crippen molar-refractivity contribution in [3.63, 3.8) is 0 Å². The molecule has 0 heterocycles. The Morgan fingerprint density at radius 2 is 2.21 bits per heavy atom. The minimum atomic E-state index is -2.73. The van der Waals surface area contributed by atoms with Crippen LogP contribution < -0.4 is 5.73 Å². The average molecular weight is 207 g/mol. The van der Waals surface area contributed by atoms with E-state index in [4.69, 9.17) is 10.8 Å². The van der Waals surface area contributed by atoms with Gasteiger partial charge in [-0.05, 0) is 19.3 Å². The third kappa shape index (κ3) is 2.64. The van der Waals surface area contributed by atoms with Crippen LogP contribution in [0.4, 0.5) is 8.78 Å². The van der Waals surface area contributed by atoms with Crippen molar-refractivity contribution in [3.8, 4) is 0 Å². The van der Waals surface area contributed by atoms with E-state index in [1.807, 2.05) is 0 Å². The first kappa shape index (κ1) is 11.4. The summed E-state index contributed by atoms with van der Waals surface area (Å²) in [6, 6.07) is -1.16. The number of carbonyl (C=O) groups is 1. The Labute approximate surface area is 81.3 Å². The summed E-state index contributed by atoms with van der Waals surface area (Å²) in [5.41, 5.74) is 5.24. The van der Waals surface area contributed by atoms with Gasteiger partial charge in [-0.25, -0.2) is 8.78 Å². The van der Waals surface area contributed by atoms with Crippen LogP contribution in [-0.2, 0) is 4.79 Å². The van der Waals surface area contributed by atoms with Crippen molar-refractivity contribution in [2.24, 2.45) is 11.7 Å². The smallest absolute Gasteiger partial charge is 0.320 e. The number of alkyl halides is 2. The van der Waals surface area contributed by atoms with Crippen LogP contribution in [0.1, 0.15) is 32.1 Å². The van der Waals surface area contributed by atoms with E-state index >= 15 is 0 Å². The van der Waals surface area contributed by atoms with Gasteiger partial charge in [0.2, 0.25) is 0 Å². The van der Waals surface area contributed by atoms with E-state index in [1.54, 1.807) is 0 Å². The largest absolute Gasteiger partial charge is 0.480 e. The first-order valence-corrected chi connectivity index (χ1v) is 4.79. The van der Waals surface area contributed by atoms with Gasteiger partial charge in [-0.3, -0.25) is 4.79 Å². The number of carboxylic acid groups (broad SMARTS) is 1. The van der Waals surface area contributed by atoms with Crippen LogP contribution >= 0.6 is 0 Å². The maximum Gasteiger partial charge on any atom is 0.320 e. The van der Waals surface area contributed by atoms with Gasteiger partial charge < -0.3 is 10.8 Å². The van der Waals surface area contributed by atoms with Crippen LogP contribution in [0.5, 0.6) is 0 Å². The lowest BCUT2D eigenvalue weighted by molar-refractivity contribution is -0.141. The molecule has 0 aliphatic heterocycles. The number of halogens is 2. The summed E-state index contributed by atoms with van der Waals surface area (Å²) in [4.78, 5) is 10.4. The van der Waals surface area contributed by atoms with Crippen LogP contribution in [0.15, 0.2) is 0 Å². The molecular formula is C9H15F2NO2. The van der Waals surface area contributed by atoms with Gasteiger partial charge in [0, 0.05) is 12.3 Å². The van der Waals surface area contributed by atoms with Gasteiger partial charge >= 0.3 is 5.97 Å². The van der Waals surface area contributed by atoms with E-state index in [-0.39, 0.29) is 12.8 Å². The molecule has 82 valence electrons. The molecule has 0 aromatic carbocycles. The number of rotatable bonds is 3. The summed E-state index contributed by atoms with van der Waals surface area (Å²) < 4.78 is 26.5. The van der Waals surface area contributed by atoms with E-state index in [9.17, 15) is 13.6 Å². The van der Waals surface area contributed by atoms with E-state index < -0.39 is 23.9 Å². The molecule has 14 heavy (non-hydrogen) atoms. The number of aliphatic carboxylic acids is 1. The lowest BCUT2D eigenvalue weighted by atomic mass is 9.81. The summed E-state index contributed by atoms with van der Waals surface area (Å²) >= 11 is 0. The van der Waals surface area contributed by atoms with Crippen LogP contribution in [0, 0.1) is 5.92 Å². The van der Waals surface area contributed by atoms with Gasteiger partial charge in [-0.15, -0.1) is 0 Å². The molecule has 0 radical (unpaired) electrons. The van der Waals surface area contributed by atoms with Crippen LogP contribution in [-0.4, -0.2) is 23.0 Å². The van der Waals surface area contributed by atoms with Crippen molar-refractivity contribution in [3.05, 3.63) is 0 Å². The first-order valence-electron chi connectivity index (χ1n) is 4.79.